The summed E-state index contributed by atoms with van der Waals surface area (Å²) in [5, 5.41) is 0. The normalized spacial score (nSPS) is 20.1. The molecule has 1 aliphatic heterocycles. The largest absolute Gasteiger partial charge is 0.462 e. The first-order chi connectivity index (χ1) is 10.3. The number of nitrogens with one attached hydrogen (secondary N) is 1. The van der Waals surface area contributed by atoms with E-state index in [0.29, 0.717) is 30.4 Å². The first kappa shape index (κ1) is 17.0. The average Bonchev–Trinajstić information content (AvgIpc) is 2.74. The molecule has 0 amide bonds. The van der Waals surface area contributed by atoms with Gasteiger partial charge >= 0.3 is 5.97 Å². The lowest BCUT2D eigenvalue weighted by atomic mass is 10.0. The van der Waals surface area contributed by atoms with Crippen molar-refractivity contribution in [2.45, 2.75) is 45.4 Å². The van der Waals surface area contributed by atoms with E-state index in [4.69, 9.17) is 4.74 Å². The molecule has 2 rings (SSSR count). The minimum absolute atomic E-state index is 0.0672. The Kier molecular flexibility index (Phi) is 4.97. The van der Waals surface area contributed by atoms with Gasteiger partial charge < -0.3 is 9.72 Å². The number of hydrogen-bond donors (Lipinski definition) is 1. The predicted molar refractivity (Wildman–Crippen MR) is 83.4 cm³/mol. The number of aromatic nitrogens is 1. The van der Waals surface area contributed by atoms with Crippen LogP contribution in [0.15, 0.2) is 4.90 Å². The number of carbonyl (C=O) groups excluding carboxylic acids is 1. The van der Waals surface area contributed by atoms with Crippen LogP contribution < -0.4 is 0 Å². The van der Waals surface area contributed by atoms with E-state index in [1.54, 1.807) is 20.8 Å². The molecular weight excluding hydrogens is 304 g/mol. The van der Waals surface area contributed by atoms with Gasteiger partial charge in [-0.05, 0) is 39.5 Å². The molecule has 0 spiro atoms. The third kappa shape index (κ3) is 3.05. The Balaban J connectivity index is 2.49. The van der Waals surface area contributed by atoms with Crippen LogP contribution in [0.2, 0.25) is 0 Å². The zero-order valence-corrected chi connectivity index (χ0v) is 14.4. The van der Waals surface area contributed by atoms with Crippen LogP contribution in [0.5, 0.6) is 0 Å². The number of hydrogen-bond acceptors (Lipinski definition) is 4. The second-order valence-corrected chi connectivity index (χ2v) is 7.78. The Morgan fingerprint density at radius 2 is 2.05 bits per heavy atom. The number of carbonyl (C=O) groups is 1. The topological polar surface area (TPSA) is 79.5 Å². The predicted octanol–water partition coefficient (Wildman–Crippen LogP) is 2.23. The zero-order valence-electron chi connectivity index (χ0n) is 13.6. The van der Waals surface area contributed by atoms with Crippen LogP contribution in [0.3, 0.4) is 0 Å². The smallest absolute Gasteiger partial charge is 0.341 e. The number of sulfonamides is 1. The summed E-state index contributed by atoms with van der Waals surface area (Å²) in [4.78, 5) is 15.2. The number of esters is 1. The van der Waals surface area contributed by atoms with Crippen LogP contribution in [0.1, 0.15) is 48.4 Å². The van der Waals surface area contributed by atoms with Gasteiger partial charge in [0.2, 0.25) is 10.0 Å². The molecular formula is C15H24N2O4S. The van der Waals surface area contributed by atoms with E-state index in [1.165, 1.54) is 4.31 Å². The van der Waals surface area contributed by atoms with Crippen molar-refractivity contribution in [2.24, 2.45) is 5.92 Å². The fourth-order valence-electron chi connectivity index (χ4n) is 3.02. The molecule has 7 heteroatoms. The van der Waals surface area contributed by atoms with Crippen molar-refractivity contribution >= 4 is 16.0 Å². The number of ether oxygens (including phenoxy) is 1. The van der Waals surface area contributed by atoms with Gasteiger partial charge in [0.25, 0.3) is 0 Å². The highest BCUT2D eigenvalue weighted by atomic mass is 32.2. The standard InChI is InChI=1S/C15H24N2O4S/c1-5-21-15(18)13-11(3)16-12(4)14(13)22(19,20)17-8-6-7-10(2)9-17/h10,16H,5-9H2,1-4H3. The summed E-state index contributed by atoms with van der Waals surface area (Å²) in [7, 11) is -3.70. The van der Waals surface area contributed by atoms with Crippen molar-refractivity contribution in [1.29, 1.82) is 0 Å². The lowest BCUT2D eigenvalue weighted by molar-refractivity contribution is 0.0521. The zero-order chi connectivity index (χ0) is 16.5. The van der Waals surface area contributed by atoms with Crippen molar-refractivity contribution in [3.8, 4) is 0 Å². The quantitative estimate of drug-likeness (QED) is 0.860. The number of aryl methyl sites for hydroxylation is 2. The number of nitrogens with zero attached hydrogens (tertiary/aromatic N) is 1. The maximum Gasteiger partial charge on any atom is 0.341 e. The number of rotatable bonds is 4. The Morgan fingerprint density at radius 3 is 2.64 bits per heavy atom. The van der Waals surface area contributed by atoms with E-state index in [2.05, 4.69) is 4.98 Å². The van der Waals surface area contributed by atoms with Gasteiger partial charge in [-0.25, -0.2) is 13.2 Å². The summed E-state index contributed by atoms with van der Waals surface area (Å²) in [6.45, 7) is 8.32. The maximum atomic E-state index is 13.0. The maximum absolute atomic E-state index is 13.0. The molecule has 124 valence electrons. The van der Waals surface area contributed by atoms with Gasteiger partial charge in [0.05, 0.1) is 6.61 Å². The molecule has 1 aromatic rings. The van der Waals surface area contributed by atoms with Crippen molar-refractivity contribution in [1.82, 2.24) is 9.29 Å². The molecule has 0 bridgehead atoms. The van der Waals surface area contributed by atoms with Crippen molar-refractivity contribution < 1.29 is 17.9 Å². The molecule has 1 aromatic heterocycles. The Morgan fingerprint density at radius 1 is 1.36 bits per heavy atom. The van der Waals surface area contributed by atoms with E-state index >= 15 is 0 Å². The fourth-order valence-corrected chi connectivity index (χ4v) is 5.03. The summed E-state index contributed by atoms with van der Waals surface area (Å²) in [5.41, 5.74) is 1.15. The fraction of sp³-hybridized carbons (Fsp3) is 0.667. The summed E-state index contributed by atoms with van der Waals surface area (Å²) < 4.78 is 32.5. The van der Waals surface area contributed by atoms with Gasteiger partial charge in [-0.1, -0.05) is 6.92 Å². The Hall–Kier alpha value is -1.34. The van der Waals surface area contributed by atoms with Gasteiger partial charge in [0, 0.05) is 24.5 Å². The molecule has 0 saturated carbocycles. The van der Waals surface area contributed by atoms with E-state index in [1.807, 2.05) is 6.92 Å². The van der Waals surface area contributed by atoms with Gasteiger partial charge in [-0.3, -0.25) is 0 Å². The number of H-pyrrole nitrogens is 1. The van der Waals surface area contributed by atoms with Gasteiger partial charge in [-0.15, -0.1) is 0 Å². The second-order valence-electron chi connectivity index (χ2n) is 5.91. The van der Waals surface area contributed by atoms with E-state index in [0.717, 1.165) is 12.8 Å². The van der Waals surface area contributed by atoms with Crippen LogP contribution in [-0.4, -0.2) is 43.4 Å². The number of aromatic amines is 1. The molecule has 1 aliphatic rings. The van der Waals surface area contributed by atoms with Gasteiger partial charge in [0.15, 0.2) is 0 Å². The third-order valence-electron chi connectivity index (χ3n) is 4.01. The lowest BCUT2D eigenvalue weighted by Gasteiger charge is -2.30. The van der Waals surface area contributed by atoms with Crippen LogP contribution in [-0.2, 0) is 14.8 Å². The summed E-state index contributed by atoms with van der Waals surface area (Å²) in [5.74, 6) is -0.261. The minimum atomic E-state index is -3.70. The molecule has 1 atom stereocenters. The SMILES string of the molecule is CCOC(=O)c1c(C)[nH]c(C)c1S(=O)(=O)N1CCCC(C)C1. The molecule has 1 fully saturated rings. The van der Waals surface area contributed by atoms with Crippen molar-refractivity contribution in [3.05, 3.63) is 17.0 Å². The Labute approximate surface area is 131 Å². The molecule has 0 aliphatic carbocycles. The molecule has 2 heterocycles. The average molecular weight is 328 g/mol. The van der Waals surface area contributed by atoms with Crippen LogP contribution in [0.4, 0.5) is 0 Å². The Bertz CT molecular complexity index is 663. The van der Waals surface area contributed by atoms with E-state index < -0.39 is 16.0 Å². The minimum Gasteiger partial charge on any atom is -0.462 e. The molecule has 1 saturated heterocycles. The van der Waals surface area contributed by atoms with Gasteiger partial charge in [0.1, 0.15) is 10.5 Å². The third-order valence-corrected chi connectivity index (χ3v) is 6.05. The summed E-state index contributed by atoms with van der Waals surface area (Å²) >= 11 is 0. The van der Waals surface area contributed by atoms with Crippen LogP contribution in [0.25, 0.3) is 0 Å². The first-order valence-electron chi connectivity index (χ1n) is 7.65. The molecule has 1 unspecified atom stereocenters. The molecule has 6 nitrogen and oxygen atoms in total. The highest BCUT2D eigenvalue weighted by Crippen LogP contribution is 2.30. The molecule has 0 radical (unpaired) electrons. The van der Waals surface area contributed by atoms with Crippen molar-refractivity contribution in [2.75, 3.05) is 19.7 Å². The monoisotopic (exact) mass is 328 g/mol. The second kappa shape index (κ2) is 6.42. The van der Waals surface area contributed by atoms with Crippen molar-refractivity contribution in [3.63, 3.8) is 0 Å². The number of piperidine rings is 1. The summed E-state index contributed by atoms with van der Waals surface area (Å²) in [6, 6.07) is 0. The van der Waals surface area contributed by atoms with Crippen LogP contribution in [0, 0.1) is 19.8 Å². The highest BCUT2D eigenvalue weighted by Gasteiger charge is 2.35. The summed E-state index contributed by atoms with van der Waals surface area (Å²) in [6.07, 6.45) is 1.87. The molecule has 1 N–H and O–H groups in total. The van der Waals surface area contributed by atoms with Gasteiger partial charge in [-0.2, -0.15) is 4.31 Å². The van der Waals surface area contributed by atoms with Crippen LogP contribution >= 0.6 is 0 Å². The first-order valence-corrected chi connectivity index (χ1v) is 9.09. The highest BCUT2D eigenvalue weighted by molar-refractivity contribution is 7.89. The lowest BCUT2D eigenvalue weighted by Crippen LogP contribution is -2.39. The van der Waals surface area contributed by atoms with E-state index in [-0.39, 0.29) is 17.1 Å². The molecule has 22 heavy (non-hydrogen) atoms. The van der Waals surface area contributed by atoms with E-state index in [9.17, 15) is 13.2 Å². The molecule has 0 aromatic carbocycles.